The average molecular weight is 459 g/mol. The molecule has 7 heteroatoms. The Morgan fingerprint density at radius 2 is 1.79 bits per heavy atom. The molecule has 2 amide bonds. The minimum Gasteiger partial charge on any atom is -0.486 e. The van der Waals surface area contributed by atoms with Gasteiger partial charge in [0.1, 0.15) is 13.2 Å². The molecular weight excluding hydrogens is 436 g/mol. The first-order chi connectivity index (χ1) is 16.1. The van der Waals surface area contributed by atoms with Crippen LogP contribution in [0, 0.1) is 0 Å². The summed E-state index contributed by atoms with van der Waals surface area (Å²) in [7, 11) is 0. The van der Waals surface area contributed by atoms with Crippen LogP contribution >= 0.6 is 11.8 Å². The number of nitrogens with one attached hydrogen (secondary N) is 2. The van der Waals surface area contributed by atoms with Crippen molar-refractivity contribution in [3.63, 3.8) is 0 Å². The number of ether oxygens (including phenoxy) is 2. The van der Waals surface area contributed by atoms with E-state index in [0.29, 0.717) is 29.4 Å². The first-order valence-corrected chi connectivity index (χ1v) is 11.5. The number of para-hydroxylation sites is 1. The molecular formula is C26H22N2O4S. The maximum atomic E-state index is 12.8. The van der Waals surface area contributed by atoms with Crippen molar-refractivity contribution >= 4 is 35.3 Å². The number of benzene rings is 3. The monoisotopic (exact) mass is 458 g/mol. The second-order valence-corrected chi connectivity index (χ2v) is 8.86. The highest BCUT2D eigenvalue weighted by Crippen LogP contribution is 2.38. The van der Waals surface area contributed by atoms with E-state index in [1.54, 1.807) is 12.1 Å². The third kappa shape index (κ3) is 4.59. The molecule has 1 atom stereocenters. The van der Waals surface area contributed by atoms with Gasteiger partial charge < -0.3 is 20.1 Å². The number of rotatable bonds is 4. The van der Waals surface area contributed by atoms with Crippen molar-refractivity contribution < 1.29 is 19.1 Å². The third-order valence-corrected chi connectivity index (χ3v) is 6.56. The zero-order valence-corrected chi connectivity index (χ0v) is 18.8. The third-order valence-electron chi connectivity index (χ3n) is 5.46. The molecule has 0 bridgehead atoms. The number of amides is 2. The van der Waals surface area contributed by atoms with Crippen molar-refractivity contribution in [2.24, 2.45) is 0 Å². The summed E-state index contributed by atoms with van der Waals surface area (Å²) in [6.07, 6.45) is 1.83. The lowest BCUT2D eigenvalue weighted by molar-refractivity contribution is -0.112. The first-order valence-electron chi connectivity index (χ1n) is 10.7. The van der Waals surface area contributed by atoms with Gasteiger partial charge in [-0.3, -0.25) is 9.59 Å². The topological polar surface area (TPSA) is 76.7 Å². The molecule has 166 valence electrons. The molecule has 0 aliphatic carbocycles. The number of fused-ring (bicyclic) bond motifs is 2. The Bertz CT molecular complexity index is 1250. The summed E-state index contributed by atoms with van der Waals surface area (Å²) >= 11 is 1.44. The Hall–Kier alpha value is -3.71. The number of carbonyl (C=O) groups excluding carboxylic acids is 2. The molecule has 0 saturated heterocycles. The largest absolute Gasteiger partial charge is 0.486 e. The summed E-state index contributed by atoms with van der Waals surface area (Å²) in [6, 6.07) is 20.4. The highest BCUT2D eigenvalue weighted by Gasteiger charge is 2.21. The van der Waals surface area contributed by atoms with Gasteiger partial charge in [-0.05, 0) is 60.5 Å². The van der Waals surface area contributed by atoms with Gasteiger partial charge in [0.15, 0.2) is 11.5 Å². The highest BCUT2D eigenvalue weighted by molar-refractivity contribution is 8.04. The smallest absolute Gasteiger partial charge is 0.262 e. The Morgan fingerprint density at radius 3 is 2.61 bits per heavy atom. The van der Waals surface area contributed by atoms with E-state index in [-0.39, 0.29) is 17.9 Å². The lowest BCUT2D eigenvalue weighted by Crippen LogP contribution is -2.26. The SMILES string of the molecule is C[C@H](NC(=O)c1ccc(/C=C2/Sc3ccccc3NC2=O)cc1)c1ccc2c(c1)OCCO2. The van der Waals surface area contributed by atoms with Gasteiger partial charge in [-0.2, -0.15) is 0 Å². The number of anilines is 1. The zero-order chi connectivity index (χ0) is 22.8. The Labute approximate surface area is 196 Å². The number of carbonyl (C=O) groups is 2. The zero-order valence-electron chi connectivity index (χ0n) is 18.0. The molecule has 33 heavy (non-hydrogen) atoms. The molecule has 0 radical (unpaired) electrons. The van der Waals surface area contributed by atoms with E-state index in [2.05, 4.69) is 10.6 Å². The molecule has 0 fully saturated rings. The number of hydrogen-bond donors (Lipinski definition) is 2. The lowest BCUT2D eigenvalue weighted by atomic mass is 10.1. The molecule has 2 aliphatic heterocycles. The van der Waals surface area contributed by atoms with Crippen LogP contribution in [-0.4, -0.2) is 25.0 Å². The second kappa shape index (κ2) is 9.03. The highest BCUT2D eigenvalue weighted by atomic mass is 32.2. The van der Waals surface area contributed by atoms with E-state index in [0.717, 1.165) is 27.5 Å². The average Bonchev–Trinajstić information content (AvgIpc) is 2.84. The summed E-state index contributed by atoms with van der Waals surface area (Å²) in [6.45, 7) is 2.99. The van der Waals surface area contributed by atoms with Crippen LogP contribution in [0.15, 0.2) is 76.5 Å². The lowest BCUT2D eigenvalue weighted by Gasteiger charge is -2.21. The fourth-order valence-corrected chi connectivity index (χ4v) is 4.63. The maximum Gasteiger partial charge on any atom is 0.262 e. The van der Waals surface area contributed by atoms with Gasteiger partial charge in [0.2, 0.25) is 0 Å². The van der Waals surface area contributed by atoms with Crippen LogP contribution in [0.4, 0.5) is 5.69 Å². The van der Waals surface area contributed by atoms with E-state index in [4.69, 9.17) is 9.47 Å². The van der Waals surface area contributed by atoms with Crippen LogP contribution in [0.2, 0.25) is 0 Å². The molecule has 3 aromatic rings. The molecule has 2 N–H and O–H groups in total. The summed E-state index contributed by atoms with van der Waals surface area (Å²) in [5, 5.41) is 5.93. The van der Waals surface area contributed by atoms with Crippen molar-refractivity contribution in [2.75, 3.05) is 18.5 Å². The van der Waals surface area contributed by atoms with Crippen LogP contribution in [0.25, 0.3) is 6.08 Å². The van der Waals surface area contributed by atoms with E-state index >= 15 is 0 Å². The van der Waals surface area contributed by atoms with Crippen LogP contribution in [-0.2, 0) is 4.79 Å². The minimum absolute atomic E-state index is 0.131. The van der Waals surface area contributed by atoms with Gasteiger partial charge in [0, 0.05) is 10.5 Å². The molecule has 5 rings (SSSR count). The normalized spacial score (nSPS) is 16.5. The summed E-state index contributed by atoms with van der Waals surface area (Å²) in [4.78, 5) is 26.8. The van der Waals surface area contributed by atoms with E-state index in [9.17, 15) is 9.59 Å². The maximum absolute atomic E-state index is 12.8. The van der Waals surface area contributed by atoms with Crippen molar-refractivity contribution in [3.8, 4) is 11.5 Å². The van der Waals surface area contributed by atoms with Crippen LogP contribution in [0.5, 0.6) is 11.5 Å². The van der Waals surface area contributed by atoms with Gasteiger partial charge in [-0.1, -0.05) is 42.1 Å². The Kier molecular flexibility index (Phi) is 5.79. The first kappa shape index (κ1) is 21.2. The fourth-order valence-electron chi connectivity index (χ4n) is 3.68. The molecule has 6 nitrogen and oxygen atoms in total. The molecule has 0 saturated carbocycles. The van der Waals surface area contributed by atoms with E-state index in [1.807, 2.05) is 67.6 Å². The minimum atomic E-state index is -0.197. The van der Waals surface area contributed by atoms with Crippen molar-refractivity contribution in [3.05, 3.63) is 88.3 Å². The van der Waals surface area contributed by atoms with Gasteiger partial charge in [0.25, 0.3) is 11.8 Å². The molecule has 2 heterocycles. The number of hydrogen-bond acceptors (Lipinski definition) is 5. The van der Waals surface area contributed by atoms with Gasteiger partial charge in [0.05, 0.1) is 16.6 Å². The molecule has 3 aromatic carbocycles. The predicted molar refractivity (Wildman–Crippen MR) is 129 cm³/mol. The quantitative estimate of drug-likeness (QED) is 0.536. The van der Waals surface area contributed by atoms with Gasteiger partial charge in [-0.25, -0.2) is 0 Å². The van der Waals surface area contributed by atoms with Crippen molar-refractivity contribution in [1.82, 2.24) is 5.32 Å². The summed E-state index contributed by atoms with van der Waals surface area (Å²) in [5.74, 6) is 1.12. The summed E-state index contributed by atoms with van der Waals surface area (Å²) < 4.78 is 11.2. The fraction of sp³-hybridized carbons (Fsp3) is 0.154. The predicted octanol–water partition coefficient (Wildman–Crippen LogP) is 5.03. The molecule has 2 aliphatic rings. The van der Waals surface area contributed by atoms with Crippen LogP contribution < -0.4 is 20.1 Å². The molecule has 0 unspecified atom stereocenters. The molecule has 0 spiro atoms. The Morgan fingerprint density at radius 1 is 1.03 bits per heavy atom. The summed E-state index contributed by atoms with van der Waals surface area (Å²) in [5.41, 5.74) is 3.16. The van der Waals surface area contributed by atoms with Crippen molar-refractivity contribution in [1.29, 1.82) is 0 Å². The standard InChI is InChI=1S/C26H22N2O4S/c1-16(19-10-11-21-22(15-19)32-13-12-31-21)27-25(29)18-8-6-17(7-9-18)14-24-26(30)28-20-4-2-3-5-23(20)33-24/h2-11,14-16H,12-13H2,1H3,(H,27,29)(H,28,30)/b24-14+/t16-/m0/s1. The van der Waals surface area contributed by atoms with Crippen molar-refractivity contribution in [2.45, 2.75) is 17.9 Å². The second-order valence-electron chi connectivity index (χ2n) is 7.78. The van der Waals surface area contributed by atoms with Gasteiger partial charge >= 0.3 is 0 Å². The Balaban J connectivity index is 1.26. The van der Waals surface area contributed by atoms with E-state index in [1.165, 1.54) is 11.8 Å². The van der Waals surface area contributed by atoms with E-state index < -0.39 is 0 Å². The molecule has 0 aromatic heterocycles. The van der Waals surface area contributed by atoms with Crippen LogP contribution in [0.1, 0.15) is 34.5 Å². The van der Waals surface area contributed by atoms with Gasteiger partial charge in [-0.15, -0.1) is 0 Å². The number of thioether (sulfide) groups is 1. The van der Waals surface area contributed by atoms with Crippen LogP contribution in [0.3, 0.4) is 0 Å².